The van der Waals surface area contributed by atoms with E-state index >= 15 is 0 Å². The number of hydrogen-bond donors (Lipinski definition) is 0. The molecule has 0 nitrogen and oxygen atoms in total. The predicted octanol–water partition coefficient (Wildman–Crippen LogP) is 11.8. The number of benzene rings is 5. The SMILES string of the molecule is C/C(=C\c1ccc(C(c2ccc(/C=C(\C)c3ccc(C)c(C)c3)cc2)c2ccc(C)cc2C)cc1)c1ccc(C)c(C)c1. The van der Waals surface area contributed by atoms with E-state index in [9.17, 15) is 0 Å². The van der Waals surface area contributed by atoms with Crippen molar-refractivity contribution in [2.24, 2.45) is 0 Å². The molecule has 0 aliphatic heterocycles. The lowest BCUT2D eigenvalue weighted by Crippen LogP contribution is -2.06. The van der Waals surface area contributed by atoms with Crippen LogP contribution >= 0.6 is 0 Å². The molecule has 0 aliphatic carbocycles. The van der Waals surface area contributed by atoms with Crippen molar-refractivity contribution in [3.8, 4) is 0 Å². The molecule has 0 atom stereocenters. The molecule has 0 heterocycles. The van der Waals surface area contributed by atoms with Gasteiger partial charge in [0.1, 0.15) is 0 Å². The van der Waals surface area contributed by atoms with Crippen molar-refractivity contribution in [3.63, 3.8) is 0 Å². The summed E-state index contributed by atoms with van der Waals surface area (Å²) in [7, 11) is 0. The monoisotopic (exact) mass is 560 g/mol. The van der Waals surface area contributed by atoms with E-state index in [1.807, 2.05) is 0 Å². The zero-order valence-electron chi connectivity index (χ0n) is 27.0. The average molecular weight is 561 g/mol. The molecular weight excluding hydrogens is 516 g/mol. The standard InChI is InChI=1S/C43H44/c1-28-9-22-42(35(8)23-28)43(38-18-12-36(13-19-38)24-33(6)40-16-10-29(2)31(4)26-40)39-20-14-37(15-21-39)25-34(7)41-17-11-30(3)32(5)27-41/h9-27,43H,1-8H3/b33-24+,34-25+. The van der Waals surface area contributed by atoms with E-state index in [0.717, 1.165) is 0 Å². The third-order valence-electron chi connectivity index (χ3n) is 8.97. The first kappa shape index (κ1) is 30.1. The van der Waals surface area contributed by atoms with Gasteiger partial charge in [0, 0.05) is 5.92 Å². The minimum atomic E-state index is 0.165. The Morgan fingerprint density at radius 2 is 0.884 bits per heavy atom. The molecule has 0 bridgehead atoms. The third kappa shape index (κ3) is 6.98. The van der Waals surface area contributed by atoms with E-state index in [-0.39, 0.29) is 5.92 Å². The highest BCUT2D eigenvalue weighted by molar-refractivity contribution is 5.81. The molecule has 0 radical (unpaired) electrons. The van der Waals surface area contributed by atoms with Crippen molar-refractivity contribution in [3.05, 3.63) is 175 Å². The largest absolute Gasteiger partial charge is 0.0590 e. The first-order valence-corrected chi connectivity index (χ1v) is 15.4. The quantitative estimate of drug-likeness (QED) is 0.137. The Balaban J connectivity index is 1.47. The summed E-state index contributed by atoms with van der Waals surface area (Å²) >= 11 is 0. The summed E-state index contributed by atoms with van der Waals surface area (Å²) in [6, 6.07) is 38.6. The Morgan fingerprint density at radius 3 is 1.28 bits per heavy atom. The van der Waals surface area contributed by atoms with Gasteiger partial charge in [-0.05, 0) is 133 Å². The lowest BCUT2D eigenvalue weighted by atomic mass is 9.82. The van der Waals surface area contributed by atoms with E-state index in [2.05, 4.69) is 171 Å². The van der Waals surface area contributed by atoms with Crippen molar-refractivity contribution in [2.75, 3.05) is 0 Å². The fourth-order valence-corrected chi connectivity index (χ4v) is 5.91. The Labute approximate surface area is 259 Å². The van der Waals surface area contributed by atoms with Crippen molar-refractivity contribution in [1.29, 1.82) is 0 Å². The maximum Gasteiger partial charge on any atom is 0.0342 e. The molecule has 5 aromatic carbocycles. The minimum absolute atomic E-state index is 0.165. The number of hydrogen-bond acceptors (Lipinski definition) is 0. The van der Waals surface area contributed by atoms with Gasteiger partial charge in [-0.25, -0.2) is 0 Å². The third-order valence-corrected chi connectivity index (χ3v) is 8.97. The minimum Gasteiger partial charge on any atom is -0.0590 e. The van der Waals surface area contributed by atoms with Crippen LogP contribution in [0.2, 0.25) is 0 Å². The van der Waals surface area contributed by atoms with Crippen molar-refractivity contribution < 1.29 is 0 Å². The van der Waals surface area contributed by atoms with Crippen LogP contribution in [-0.2, 0) is 0 Å². The molecule has 0 saturated carbocycles. The van der Waals surface area contributed by atoms with E-state index in [0.29, 0.717) is 0 Å². The van der Waals surface area contributed by atoms with Crippen LogP contribution in [0.15, 0.2) is 103 Å². The molecule has 5 rings (SSSR count). The highest BCUT2D eigenvalue weighted by Crippen LogP contribution is 2.35. The van der Waals surface area contributed by atoms with Gasteiger partial charge in [0.15, 0.2) is 0 Å². The van der Waals surface area contributed by atoms with E-state index in [4.69, 9.17) is 0 Å². The van der Waals surface area contributed by atoms with Crippen molar-refractivity contribution in [1.82, 2.24) is 0 Å². The van der Waals surface area contributed by atoms with Crippen LogP contribution in [0.25, 0.3) is 23.3 Å². The highest BCUT2D eigenvalue weighted by atomic mass is 14.2. The van der Waals surface area contributed by atoms with Gasteiger partial charge < -0.3 is 0 Å². The fraction of sp³-hybridized carbons (Fsp3) is 0.209. The Morgan fingerprint density at radius 1 is 0.442 bits per heavy atom. The summed E-state index contributed by atoms with van der Waals surface area (Å²) in [6.07, 6.45) is 4.58. The normalized spacial score (nSPS) is 12.2. The Kier molecular flexibility index (Phi) is 8.97. The summed E-state index contributed by atoms with van der Waals surface area (Å²) in [5, 5.41) is 0. The summed E-state index contributed by atoms with van der Waals surface area (Å²) < 4.78 is 0. The molecule has 43 heavy (non-hydrogen) atoms. The number of allylic oxidation sites excluding steroid dienone is 2. The molecule has 0 N–H and O–H groups in total. The van der Waals surface area contributed by atoms with Crippen LogP contribution in [0.1, 0.15) is 92.1 Å². The van der Waals surface area contributed by atoms with Gasteiger partial charge >= 0.3 is 0 Å². The average Bonchev–Trinajstić information content (AvgIpc) is 2.98. The molecular formula is C43H44. The van der Waals surface area contributed by atoms with Gasteiger partial charge in [0.2, 0.25) is 0 Å². The topological polar surface area (TPSA) is 0 Å². The van der Waals surface area contributed by atoms with E-state index in [1.54, 1.807) is 0 Å². The molecule has 0 aromatic heterocycles. The van der Waals surface area contributed by atoms with Crippen LogP contribution in [0.3, 0.4) is 0 Å². The summed E-state index contributed by atoms with van der Waals surface area (Å²) in [6.45, 7) is 17.5. The van der Waals surface area contributed by atoms with Gasteiger partial charge in [0.25, 0.3) is 0 Å². The van der Waals surface area contributed by atoms with Gasteiger partial charge in [-0.15, -0.1) is 0 Å². The maximum absolute atomic E-state index is 2.31. The molecule has 0 aliphatic rings. The van der Waals surface area contributed by atoms with E-state index < -0.39 is 0 Å². The lowest BCUT2D eigenvalue weighted by Gasteiger charge is -2.22. The molecule has 0 saturated heterocycles. The van der Waals surface area contributed by atoms with Crippen molar-refractivity contribution in [2.45, 2.75) is 61.3 Å². The smallest absolute Gasteiger partial charge is 0.0342 e. The first-order chi connectivity index (χ1) is 20.6. The zero-order chi connectivity index (χ0) is 30.7. The molecule has 0 amide bonds. The number of aryl methyl sites for hydroxylation is 6. The molecule has 0 fully saturated rings. The van der Waals surface area contributed by atoms with Crippen LogP contribution < -0.4 is 0 Å². The van der Waals surface area contributed by atoms with Gasteiger partial charge in [-0.3, -0.25) is 0 Å². The number of rotatable bonds is 7. The summed E-state index contributed by atoms with van der Waals surface area (Å²) in [5.74, 6) is 0.165. The maximum atomic E-state index is 2.31. The zero-order valence-corrected chi connectivity index (χ0v) is 27.0. The molecule has 0 spiro atoms. The Hall–Kier alpha value is -4.42. The van der Waals surface area contributed by atoms with Crippen LogP contribution in [0.4, 0.5) is 0 Å². The van der Waals surface area contributed by atoms with Crippen LogP contribution in [0.5, 0.6) is 0 Å². The summed E-state index contributed by atoms with van der Waals surface area (Å²) in [5.41, 5.74) is 19.5. The van der Waals surface area contributed by atoms with Gasteiger partial charge in [-0.2, -0.15) is 0 Å². The second-order valence-corrected chi connectivity index (χ2v) is 12.4. The first-order valence-electron chi connectivity index (χ1n) is 15.4. The highest BCUT2D eigenvalue weighted by Gasteiger charge is 2.19. The second-order valence-electron chi connectivity index (χ2n) is 12.4. The fourth-order valence-electron chi connectivity index (χ4n) is 5.91. The molecule has 5 aromatic rings. The van der Waals surface area contributed by atoms with Crippen molar-refractivity contribution >= 4 is 23.3 Å². The second kappa shape index (κ2) is 12.8. The molecule has 0 heteroatoms. The van der Waals surface area contributed by atoms with Gasteiger partial charge in [-0.1, -0.05) is 121 Å². The summed E-state index contributed by atoms with van der Waals surface area (Å²) in [4.78, 5) is 0. The van der Waals surface area contributed by atoms with Gasteiger partial charge in [0.05, 0.1) is 0 Å². The predicted molar refractivity (Wildman–Crippen MR) is 189 cm³/mol. The van der Waals surface area contributed by atoms with E-state index in [1.165, 1.54) is 83.5 Å². The molecule has 0 unspecified atom stereocenters. The lowest BCUT2D eigenvalue weighted by molar-refractivity contribution is 0.960. The Bertz CT molecular complexity index is 1700. The van der Waals surface area contributed by atoms with Crippen LogP contribution in [0, 0.1) is 41.5 Å². The van der Waals surface area contributed by atoms with Crippen LogP contribution in [-0.4, -0.2) is 0 Å². The molecule has 216 valence electrons.